The summed E-state index contributed by atoms with van der Waals surface area (Å²) in [6, 6.07) is 0. The fourth-order valence-corrected chi connectivity index (χ4v) is 3.45. The summed E-state index contributed by atoms with van der Waals surface area (Å²) in [7, 11) is 0. The molecule has 0 radical (unpaired) electrons. The molecule has 1 aliphatic heterocycles. The summed E-state index contributed by atoms with van der Waals surface area (Å²) in [5.74, 6) is 1.67. The molecule has 0 aromatic heterocycles. The molecule has 2 fully saturated rings. The van der Waals surface area contributed by atoms with E-state index in [1.807, 2.05) is 0 Å². The third kappa shape index (κ3) is 2.73. The average Bonchev–Trinajstić information content (AvgIpc) is 2.83. The SMILES string of the molecule is CC1CCC(C(=O)C(C)(C)N2CCCC2)CC1. The molecule has 0 aromatic rings. The van der Waals surface area contributed by atoms with Gasteiger partial charge in [-0.25, -0.2) is 0 Å². The van der Waals surface area contributed by atoms with Crippen LogP contribution in [-0.2, 0) is 4.79 Å². The van der Waals surface area contributed by atoms with Crippen LogP contribution in [0.5, 0.6) is 0 Å². The van der Waals surface area contributed by atoms with Gasteiger partial charge in [-0.05, 0) is 58.5 Å². The van der Waals surface area contributed by atoms with Gasteiger partial charge in [-0.3, -0.25) is 9.69 Å². The fraction of sp³-hybridized carbons (Fsp3) is 0.933. The summed E-state index contributed by atoms with van der Waals surface area (Å²) in [6.45, 7) is 8.81. The Morgan fingerprint density at radius 1 is 1.06 bits per heavy atom. The summed E-state index contributed by atoms with van der Waals surface area (Å²) in [4.78, 5) is 15.1. The van der Waals surface area contributed by atoms with Gasteiger partial charge in [-0.15, -0.1) is 0 Å². The topological polar surface area (TPSA) is 20.3 Å². The van der Waals surface area contributed by atoms with Crippen molar-refractivity contribution in [2.75, 3.05) is 13.1 Å². The van der Waals surface area contributed by atoms with E-state index in [-0.39, 0.29) is 5.54 Å². The van der Waals surface area contributed by atoms with Crippen LogP contribution in [0.15, 0.2) is 0 Å². The van der Waals surface area contributed by atoms with Crippen LogP contribution in [0.4, 0.5) is 0 Å². The Bertz CT molecular complexity index is 271. The number of Topliss-reactive ketones (excluding diaryl/α,β-unsaturated/α-hetero) is 1. The molecule has 17 heavy (non-hydrogen) atoms. The van der Waals surface area contributed by atoms with Crippen molar-refractivity contribution in [3.63, 3.8) is 0 Å². The van der Waals surface area contributed by atoms with Crippen LogP contribution >= 0.6 is 0 Å². The maximum atomic E-state index is 12.7. The lowest BCUT2D eigenvalue weighted by atomic mass is 9.76. The number of hydrogen-bond acceptors (Lipinski definition) is 2. The molecule has 0 spiro atoms. The van der Waals surface area contributed by atoms with E-state index in [1.54, 1.807) is 0 Å². The van der Waals surface area contributed by atoms with Crippen molar-refractivity contribution in [3.8, 4) is 0 Å². The van der Waals surface area contributed by atoms with Crippen LogP contribution in [-0.4, -0.2) is 29.3 Å². The van der Waals surface area contributed by atoms with Crippen molar-refractivity contribution < 1.29 is 4.79 Å². The molecule has 0 N–H and O–H groups in total. The second kappa shape index (κ2) is 5.09. The highest BCUT2D eigenvalue weighted by Crippen LogP contribution is 2.34. The van der Waals surface area contributed by atoms with Gasteiger partial charge >= 0.3 is 0 Å². The highest BCUT2D eigenvalue weighted by atomic mass is 16.1. The van der Waals surface area contributed by atoms with Gasteiger partial charge in [0.25, 0.3) is 0 Å². The lowest BCUT2D eigenvalue weighted by Crippen LogP contribution is -2.51. The van der Waals surface area contributed by atoms with E-state index in [4.69, 9.17) is 0 Å². The summed E-state index contributed by atoms with van der Waals surface area (Å²) < 4.78 is 0. The van der Waals surface area contributed by atoms with Crippen molar-refractivity contribution >= 4 is 5.78 Å². The maximum absolute atomic E-state index is 12.7. The van der Waals surface area contributed by atoms with E-state index >= 15 is 0 Å². The highest BCUT2D eigenvalue weighted by Gasteiger charge is 2.40. The number of nitrogens with zero attached hydrogens (tertiary/aromatic N) is 1. The number of hydrogen-bond donors (Lipinski definition) is 0. The van der Waals surface area contributed by atoms with E-state index in [1.165, 1.54) is 25.7 Å². The molecular weight excluding hydrogens is 210 g/mol. The van der Waals surface area contributed by atoms with E-state index in [2.05, 4.69) is 25.7 Å². The molecule has 2 aliphatic rings. The van der Waals surface area contributed by atoms with Crippen molar-refractivity contribution in [2.24, 2.45) is 11.8 Å². The molecule has 2 rings (SSSR count). The predicted octanol–water partition coefficient (Wildman–Crippen LogP) is 3.26. The molecule has 1 heterocycles. The second-order valence-corrected chi connectivity index (χ2v) is 6.57. The monoisotopic (exact) mass is 237 g/mol. The summed E-state index contributed by atoms with van der Waals surface area (Å²) in [5.41, 5.74) is -0.220. The molecule has 0 bridgehead atoms. The van der Waals surface area contributed by atoms with Gasteiger partial charge in [-0.2, -0.15) is 0 Å². The third-order valence-electron chi connectivity index (χ3n) is 4.89. The summed E-state index contributed by atoms with van der Waals surface area (Å²) >= 11 is 0. The zero-order chi connectivity index (χ0) is 12.5. The number of ketones is 1. The van der Waals surface area contributed by atoms with Crippen LogP contribution in [0.3, 0.4) is 0 Å². The smallest absolute Gasteiger partial charge is 0.155 e. The minimum Gasteiger partial charge on any atom is -0.297 e. The van der Waals surface area contributed by atoms with Crippen molar-refractivity contribution in [1.82, 2.24) is 4.90 Å². The van der Waals surface area contributed by atoms with Crippen LogP contribution in [0, 0.1) is 11.8 Å². The standard InChI is InChI=1S/C15H27NO/c1-12-6-8-13(9-7-12)14(17)15(2,3)16-10-4-5-11-16/h12-13H,4-11H2,1-3H3. The molecule has 1 aliphatic carbocycles. The first-order chi connectivity index (χ1) is 8.01. The van der Waals surface area contributed by atoms with E-state index in [9.17, 15) is 4.79 Å². The molecule has 1 saturated heterocycles. The zero-order valence-corrected chi connectivity index (χ0v) is 11.7. The van der Waals surface area contributed by atoms with Crippen LogP contribution in [0.2, 0.25) is 0 Å². The maximum Gasteiger partial charge on any atom is 0.155 e. The first kappa shape index (κ1) is 13.1. The predicted molar refractivity (Wildman–Crippen MR) is 71.0 cm³/mol. The Hall–Kier alpha value is -0.370. The molecule has 0 aromatic carbocycles. The summed E-state index contributed by atoms with van der Waals surface area (Å²) in [6.07, 6.45) is 7.25. The van der Waals surface area contributed by atoms with Gasteiger partial charge in [0.15, 0.2) is 5.78 Å². The van der Waals surface area contributed by atoms with Gasteiger partial charge in [0.05, 0.1) is 5.54 Å². The number of likely N-dealkylation sites (tertiary alicyclic amines) is 1. The Labute approximate surface area is 106 Å². The highest BCUT2D eigenvalue weighted by molar-refractivity contribution is 5.89. The van der Waals surface area contributed by atoms with Crippen LogP contribution < -0.4 is 0 Å². The number of carbonyl (C=O) groups is 1. The lowest BCUT2D eigenvalue weighted by Gasteiger charge is -2.38. The summed E-state index contributed by atoms with van der Waals surface area (Å²) in [5, 5.41) is 0. The van der Waals surface area contributed by atoms with E-state index in [0.717, 1.165) is 31.8 Å². The van der Waals surface area contributed by atoms with Gasteiger partial charge < -0.3 is 0 Å². The third-order valence-corrected chi connectivity index (χ3v) is 4.89. The van der Waals surface area contributed by atoms with E-state index in [0.29, 0.717) is 11.7 Å². The molecular formula is C15H27NO. The number of carbonyl (C=O) groups excluding carboxylic acids is 1. The minimum atomic E-state index is -0.220. The van der Waals surface area contributed by atoms with E-state index < -0.39 is 0 Å². The zero-order valence-electron chi connectivity index (χ0n) is 11.7. The molecule has 2 nitrogen and oxygen atoms in total. The van der Waals surface area contributed by atoms with Crippen molar-refractivity contribution in [3.05, 3.63) is 0 Å². The minimum absolute atomic E-state index is 0.220. The van der Waals surface area contributed by atoms with Gasteiger partial charge in [-0.1, -0.05) is 19.8 Å². The first-order valence-electron chi connectivity index (χ1n) is 7.31. The number of rotatable bonds is 3. The molecule has 1 saturated carbocycles. The average molecular weight is 237 g/mol. The van der Waals surface area contributed by atoms with Crippen LogP contribution in [0.1, 0.15) is 59.3 Å². The first-order valence-corrected chi connectivity index (χ1v) is 7.31. The Morgan fingerprint density at radius 3 is 2.12 bits per heavy atom. The van der Waals surface area contributed by atoms with Gasteiger partial charge in [0, 0.05) is 5.92 Å². The Morgan fingerprint density at radius 2 is 1.59 bits per heavy atom. The van der Waals surface area contributed by atoms with Gasteiger partial charge in [0.2, 0.25) is 0 Å². The Balaban J connectivity index is 1.98. The fourth-order valence-electron chi connectivity index (χ4n) is 3.45. The molecule has 2 heteroatoms. The quantitative estimate of drug-likeness (QED) is 0.751. The lowest BCUT2D eigenvalue weighted by molar-refractivity contribution is -0.134. The van der Waals surface area contributed by atoms with Gasteiger partial charge in [0.1, 0.15) is 0 Å². The molecule has 98 valence electrons. The van der Waals surface area contributed by atoms with Crippen molar-refractivity contribution in [1.29, 1.82) is 0 Å². The molecule has 0 atom stereocenters. The van der Waals surface area contributed by atoms with Crippen LogP contribution in [0.25, 0.3) is 0 Å². The normalized spacial score (nSPS) is 31.7. The second-order valence-electron chi connectivity index (χ2n) is 6.57. The molecule has 0 unspecified atom stereocenters. The molecule has 0 amide bonds. The Kier molecular flexibility index (Phi) is 3.92. The largest absolute Gasteiger partial charge is 0.297 e. The van der Waals surface area contributed by atoms with Crippen molar-refractivity contribution in [2.45, 2.75) is 64.8 Å².